The van der Waals surface area contributed by atoms with E-state index < -0.39 is 10.0 Å². The topological polar surface area (TPSA) is 60.9 Å². The van der Waals surface area contributed by atoms with Crippen molar-refractivity contribution in [3.05, 3.63) is 0 Å². The number of rotatable bonds is 2. The lowest BCUT2D eigenvalue weighted by atomic mass is 9.70. The maximum absolute atomic E-state index is 11.6. The lowest BCUT2D eigenvalue weighted by Crippen LogP contribution is -2.56. The van der Waals surface area contributed by atoms with Crippen LogP contribution in [-0.2, 0) is 10.0 Å². The second kappa shape index (κ2) is 6.14. The van der Waals surface area contributed by atoms with Crippen LogP contribution in [0.5, 0.6) is 0 Å². The molecule has 1 aliphatic carbocycles. The highest BCUT2D eigenvalue weighted by Gasteiger charge is 2.39. The summed E-state index contributed by atoms with van der Waals surface area (Å²) >= 11 is 0. The largest absolute Gasteiger partial charge is 0.391 e. The SMILES string of the molecule is CC(C)(C)C1CCC(O)C(N2CCN(S(C)(=O)=O)CC2)C1. The van der Waals surface area contributed by atoms with Gasteiger partial charge in [0.25, 0.3) is 0 Å². The van der Waals surface area contributed by atoms with Crippen LogP contribution < -0.4 is 0 Å². The Morgan fingerprint density at radius 3 is 2.10 bits per heavy atom. The van der Waals surface area contributed by atoms with E-state index in [1.807, 2.05) is 0 Å². The van der Waals surface area contributed by atoms with Gasteiger partial charge in [0.1, 0.15) is 0 Å². The number of aliphatic hydroxyl groups excluding tert-OH is 1. The summed E-state index contributed by atoms with van der Waals surface area (Å²) in [5.74, 6) is 0.624. The zero-order valence-electron chi connectivity index (χ0n) is 13.7. The first-order chi connectivity index (χ1) is 9.59. The fourth-order valence-electron chi connectivity index (χ4n) is 3.68. The van der Waals surface area contributed by atoms with Gasteiger partial charge in [0.15, 0.2) is 0 Å². The normalized spacial score (nSPS) is 34.0. The standard InChI is InChI=1S/C15H30N2O3S/c1-15(2,3)12-5-6-14(18)13(11-12)16-7-9-17(10-8-16)21(4,19)20/h12-14,18H,5-11H2,1-4H3. The van der Waals surface area contributed by atoms with Crippen molar-refractivity contribution >= 4 is 10.0 Å². The summed E-state index contributed by atoms with van der Waals surface area (Å²) in [4.78, 5) is 2.30. The van der Waals surface area contributed by atoms with Crippen molar-refractivity contribution in [1.82, 2.24) is 9.21 Å². The lowest BCUT2D eigenvalue weighted by Gasteiger charge is -2.46. The fourth-order valence-corrected chi connectivity index (χ4v) is 4.50. The molecule has 21 heavy (non-hydrogen) atoms. The third-order valence-electron chi connectivity index (χ3n) is 5.22. The average molecular weight is 318 g/mol. The number of piperazine rings is 1. The van der Waals surface area contributed by atoms with Crippen LogP contribution in [0.1, 0.15) is 40.0 Å². The second-order valence-electron chi connectivity index (χ2n) is 7.71. The molecule has 2 aliphatic rings. The van der Waals surface area contributed by atoms with Gasteiger partial charge in [-0.3, -0.25) is 4.90 Å². The Labute approximate surface area is 129 Å². The molecule has 0 aromatic carbocycles. The molecule has 1 saturated heterocycles. The summed E-state index contributed by atoms with van der Waals surface area (Å²) in [7, 11) is -3.08. The van der Waals surface area contributed by atoms with Gasteiger partial charge in [-0.05, 0) is 30.6 Å². The molecule has 1 aliphatic heterocycles. The van der Waals surface area contributed by atoms with E-state index in [2.05, 4.69) is 25.7 Å². The van der Waals surface area contributed by atoms with Gasteiger partial charge in [0.05, 0.1) is 12.4 Å². The predicted octanol–water partition coefficient (Wildman–Crippen LogP) is 1.14. The quantitative estimate of drug-likeness (QED) is 0.829. The Bertz CT molecular complexity index is 450. The smallest absolute Gasteiger partial charge is 0.211 e. The van der Waals surface area contributed by atoms with Crippen LogP contribution in [0, 0.1) is 11.3 Å². The molecule has 1 N–H and O–H groups in total. The van der Waals surface area contributed by atoms with Crippen molar-refractivity contribution in [1.29, 1.82) is 0 Å². The Morgan fingerprint density at radius 1 is 1.05 bits per heavy atom. The average Bonchev–Trinajstić information content (AvgIpc) is 2.37. The van der Waals surface area contributed by atoms with E-state index >= 15 is 0 Å². The third kappa shape index (κ3) is 4.18. The van der Waals surface area contributed by atoms with Crippen LogP contribution in [0.2, 0.25) is 0 Å². The third-order valence-corrected chi connectivity index (χ3v) is 6.52. The van der Waals surface area contributed by atoms with Gasteiger partial charge in [-0.1, -0.05) is 20.8 Å². The molecule has 1 heterocycles. The summed E-state index contributed by atoms with van der Waals surface area (Å²) < 4.78 is 24.7. The van der Waals surface area contributed by atoms with E-state index in [-0.39, 0.29) is 17.6 Å². The minimum atomic E-state index is -3.08. The monoisotopic (exact) mass is 318 g/mol. The van der Waals surface area contributed by atoms with E-state index in [4.69, 9.17) is 0 Å². The van der Waals surface area contributed by atoms with Crippen LogP contribution in [0.15, 0.2) is 0 Å². The molecular weight excluding hydrogens is 288 g/mol. The number of hydrogen-bond donors (Lipinski definition) is 1. The molecule has 3 atom stereocenters. The molecule has 0 amide bonds. The second-order valence-corrected chi connectivity index (χ2v) is 9.69. The van der Waals surface area contributed by atoms with Gasteiger partial charge in [-0.2, -0.15) is 4.31 Å². The molecule has 5 nitrogen and oxygen atoms in total. The van der Waals surface area contributed by atoms with E-state index in [0.717, 1.165) is 32.4 Å². The zero-order valence-corrected chi connectivity index (χ0v) is 14.6. The van der Waals surface area contributed by atoms with Crippen LogP contribution in [0.4, 0.5) is 0 Å². The van der Waals surface area contributed by atoms with Crippen molar-refractivity contribution in [3.8, 4) is 0 Å². The molecule has 124 valence electrons. The van der Waals surface area contributed by atoms with Crippen molar-refractivity contribution in [2.45, 2.75) is 52.2 Å². The highest BCUT2D eigenvalue weighted by atomic mass is 32.2. The molecule has 1 saturated carbocycles. The van der Waals surface area contributed by atoms with Gasteiger partial charge in [0.2, 0.25) is 10.0 Å². The van der Waals surface area contributed by atoms with Crippen LogP contribution in [0.25, 0.3) is 0 Å². The summed E-state index contributed by atoms with van der Waals surface area (Å²) in [5, 5.41) is 10.4. The first kappa shape index (κ1) is 17.2. The minimum absolute atomic E-state index is 0.185. The molecular formula is C15H30N2O3S. The summed E-state index contributed by atoms with van der Waals surface area (Å²) in [6.07, 6.45) is 3.97. The molecule has 0 bridgehead atoms. The van der Waals surface area contributed by atoms with Crippen molar-refractivity contribution < 1.29 is 13.5 Å². The Morgan fingerprint density at radius 2 is 1.62 bits per heavy atom. The molecule has 2 rings (SSSR count). The van der Waals surface area contributed by atoms with E-state index in [0.29, 0.717) is 19.0 Å². The Hall–Kier alpha value is -0.170. The first-order valence-corrected chi connectivity index (χ1v) is 9.81. The molecule has 0 radical (unpaired) electrons. The van der Waals surface area contributed by atoms with Gasteiger partial charge >= 0.3 is 0 Å². The molecule has 2 fully saturated rings. The van der Waals surface area contributed by atoms with E-state index in [9.17, 15) is 13.5 Å². The number of hydrogen-bond acceptors (Lipinski definition) is 4. The van der Waals surface area contributed by atoms with Gasteiger partial charge in [-0.15, -0.1) is 0 Å². The summed E-state index contributed by atoms with van der Waals surface area (Å²) in [6, 6.07) is 0.185. The number of aliphatic hydroxyl groups is 1. The van der Waals surface area contributed by atoms with E-state index in [1.165, 1.54) is 6.26 Å². The lowest BCUT2D eigenvalue weighted by molar-refractivity contribution is -0.0263. The van der Waals surface area contributed by atoms with Crippen molar-refractivity contribution in [3.63, 3.8) is 0 Å². The Kier molecular flexibility index (Phi) is 5.03. The molecule has 0 spiro atoms. The fraction of sp³-hybridized carbons (Fsp3) is 1.00. The maximum atomic E-state index is 11.6. The predicted molar refractivity (Wildman–Crippen MR) is 84.6 cm³/mol. The maximum Gasteiger partial charge on any atom is 0.211 e. The first-order valence-electron chi connectivity index (χ1n) is 7.96. The van der Waals surface area contributed by atoms with Crippen molar-refractivity contribution in [2.24, 2.45) is 11.3 Å². The van der Waals surface area contributed by atoms with Gasteiger partial charge in [-0.25, -0.2) is 8.42 Å². The molecule has 0 aromatic heterocycles. The van der Waals surface area contributed by atoms with Gasteiger partial charge in [0, 0.05) is 32.2 Å². The minimum Gasteiger partial charge on any atom is -0.391 e. The highest BCUT2D eigenvalue weighted by molar-refractivity contribution is 7.88. The molecule has 6 heteroatoms. The molecule has 3 unspecified atom stereocenters. The zero-order chi connectivity index (χ0) is 15.8. The van der Waals surface area contributed by atoms with Gasteiger partial charge < -0.3 is 5.11 Å². The highest BCUT2D eigenvalue weighted by Crippen LogP contribution is 2.39. The van der Waals surface area contributed by atoms with E-state index in [1.54, 1.807) is 4.31 Å². The summed E-state index contributed by atoms with van der Waals surface area (Å²) in [6.45, 7) is 9.36. The van der Waals surface area contributed by atoms with Crippen molar-refractivity contribution in [2.75, 3.05) is 32.4 Å². The Balaban J connectivity index is 1.98. The number of sulfonamides is 1. The van der Waals surface area contributed by atoms with Crippen LogP contribution >= 0.6 is 0 Å². The summed E-state index contributed by atoms with van der Waals surface area (Å²) in [5.41, 5.74) is 0.271. The molecule has 0 aromatic rings. The van der Waals surface area contributed by atoms with Crippen LogP contribution in [0.3, 0.4) is 0 Å². The van der Waals surface area contributed by atoms with Crippen LogP contribution in [-0.4, -0.2) is 67.3 Å². The number of nitrogens with zero attached hydrogens (tertiary/aromatic N) is 2.